The maximum absolute atomic E-state index is 12.4. The van der Waals surface area contributed by atoms with Gasteiger partial charge < -0.3 is 4.74 Å². The summed E-state index contributed by atoms with van der Waals surface area (Å²) in [5.74, 6) is 0.192. The lowest BCUT2D eigenvalue weighted by Crippen LogP contribution is -2.51. The number of hydrogen-bond acceptors (Lipinski definition) is 3. The fourth-order valence-electron chi connectivity index (χ4n) is 2.54. The summed E-state index contributed by atoms with van der Waals surface area (Å²) in [6.07, 6.45) is 0.388. The molecule has 0 aliphatic carbocycles. The van der Waals surface area contributed by atoms with Crippen LogP contribution in [0, 0.1) is 0 Å². The summed E-state index contributed by atoms with van der Waals surface area (Å²) in [4.78, 5) is 14.6. The molecule has 98 valence electrons. The van der Waals surface area contributed by atoms with Gasteiger partial charge in [0, 0.05) is 18.7 Å². The second-order valence-electron chi connectivity index (χ2n) is 5.12. The highest BCUT2D eigenvalue weighted by molar-refractivity contribution is 5.99. The van der Waals surface area contributed by atoms with Crippen LogP contribution in [0.25, 0.3) is 0 Å². The largest absolute Gasteiger partial charge is 0.373 e. The molecular formula is C15H21NO2. The maximum Gasteiger partial charge on any atom is 0.179 e. The van der Waals surface area contributed by atoms with Crippen LogP contribution in [-0.2, 0) is 4.74 Å². The third-order valence-corrected chi connectivity index (χ3v) is 3.43. The van der Waals surface area contributed by atoms with Crippen LogP contribution in [0.3, 0.4) is 0 Å². The van der Waals surface area contributed by atoms with Gasteiger partial charge in [-0.2, -0.15) is 0 Å². The summed E-state index contributed by atoms with van der Waals surface area (Å²) in [5, 5.41) is 0. The molecular weight excluding hydrogens is 226 g/mol. The zero-order valence-electron chi connectivity index (χ0n) is 11.3. The first-order valence-corrected chi connectivity index (χ1v) is 6.56. The molecule has 3 nitrogen and oxygen atoms in total. The van der Waals surface area contributed by atoms with Gasteiger partial charge in [0.25, 0.3) is 0 Å². The highest BCUT2D eigenvalue weighted by atomic mass is 16.5. The third kappa shape index (κ3) is 2.98. The van der Waals surface area contributed by atoms with Crippen molar-refractivity contribution in [3.63, 3.8) is 0 Å². The van der Waals surface area contributed by atoms with Gasteiger partial charge in [0.15, 0.2) is 5.78 Å². The van der Waals surface area contributed by atoms with Crippen LogP contribution in [0.2, 0.25) is 0 Å². The maximum atomic E-state index is 12.4. The monoisotopic (exact) mass is 247 g/mol. The molecule has 0 saturated carbocycles. The van der Waals surface area contributed by atoms with Gasteiger partial charge in [-0.05, 0) is 20.8 Å². The quantitative estimate of drug-likeness (QED) is 0.768. The lowest BCUT2D eigenvalue weighted by atomic mass is 10.0. The lowest BCUT2D eigenvalue weighted by molar-refractivity contribution is -0.0744. The van der Waals surface area contributed by atoms with Gasteiger partial charge in [-0.3, -0.25) is 9.69 Å². The minimum absolute atomic E-state index is 0.0822. The van der Waals surface area contributed by atoms with E-state index in [0.717, 1.165) is 18.7 Å². The molecule has 0 amide bonds. The molecule has 0 bridgehead atoms. The van der Waals surface area contributed by atoms with E-state index < -0.39 is 0 Å². The Kier molecular flexibility index (Phi) is 4.15. The molecule has 1 aromatic rings. The molecule has 1 aliphatic rings. The van der Waals surface area contributed by atoms with E-state index in [2.05, 4.69) is 18.7 Å². The van der Waals surface area contributed by atoms with Crippen molar-refractivity contribution < 1.29 is 9.53 Å². The summed E-state index contributed by atoms with van der Waals surface area (Å²) in [6.45, 7) is 7.75. The van der Waals surface area contributed by atoms with E-state index in [9.17, 15) is 4.79 Å². The molecule has 3 unspecified atom stereocenters. The number of hydrogen-bond donors (Lipinski definition) is 0. The molecule has 0 aromatic heterocycles. The zero-order chi connectivity index (χ0) is 13.1. The summed E-state index contributed by atoms with van der Waals surface area (Å²) < 4.78 is 5.70. The Morgan fingerprint density at radius 2 is 1.78 bits per heavy atom. The summed E-state index contributed by atoms with van der Waals surface area (Å²) in [7, 11) is 0. The Hall–Kier alpha value is -1.19. The van der Waals surface area contributed by atoms with Crippen LogP contribution in [-0.4, -0.2) is 42.0 Å². The molecule has 1 saturated heterocycles. The topological polar surface area (TPSA) is 29.5 Å². The van der Waals surface area contributed by atoms with Crippen LogP contribution >= 0.6 is 0 Å². The molecule has 0 N–H and O–H groups in total. The van der Waals surface area contributed by atoms with E-state index in [1.165, 1.54) is 0 Å². The standard InChI is InChI=1S/C15H21NO2/c1-11-9-16(10-12(2)18-11)13(3)15(17)14-7-5-4-6-8-14/h4-8,11-13H,9-10H2,1-3H3. The molecule has 1 heterocycles. The predicted molar refractivity (Wildman–Crippen MR) is 71.8 cm³/mol. The molecule has 0 spiro atoms. The number of carbonyl (C=O) groups excluding carboxylic acids is 1. The van der Waals surface area contributed by atoms with Crippen molar-refractivity contribution in [2.75, 3.05) is 13.1 Å². The number of benzene rings is 1. The van der Waals surface area contributed by atoms with Gasteiger partial charge in [-0.15, -0.1) is 0 Å². The highest BCUT2D eigenvalue weighted by Crippen LogP contribution is 2.16. The fraction of sp³-hybridized carbons (Fsp3) is 0.533. The summed E-state index contributed by atoms with van der Waals surface area (Å²) >= 11 is 0. The van der Waals surface area contributed by atoms with E-state index in [-0.39, 0.29) is 24.0 Å². The van der Waals surface area contributed by atoms with E-state index >= 15 is 0 Å². The molecule has 1 aliphatic heterocycles. The number of Topliss-reactive ketones (excluding diaryl/α,β-unsaturated/α-hetero) is 1. The highest BCUT2D eigenvalue weighted by Gasteiger charge is 2.29. The predicted octanol–water partition coefficient (Wildman–Crippen LogP) is 2.37. The molecule has 2 rings (SSSR count). The second-order valence-corrected chi connectivity index (χ2v) is 5.12. The van der Waals surface area contributed by atoms with Gasteiger partial charge in [0.2, 0.25) is 0 Å². The average Bonchev–Trinajstić information content (AvgIpc) is 2.37. The number of ether oxygens (including phenoxy) is 1. The van der Waals surface area contributed by atoms with Crippen molar-refractivity contribution in [3.8, 4) is 0 Å². The van der Waals surface area contributed by atoms with Gasteiger partial charge in [-0.25, -0.2) is 0 Å². The fourth-order valence-corrected chi connectivity index (χ4v) is 2.54. The lowest BCUT2D eigenvalue weighted by Gasteiger charge is -2.38. The van der Waals surface area contributed by atoms with Crippen molar-refractivity contribution >= 4 is 5.78 Å². The van der Waals surface area contributed by atoms with Crippen molar-refractivity contribution in [2.45, 2.75) is 39.0 Å². The van der Waals surface area contributed by atoms with Crippen LogP contribution in [0.4, 0.5) is 0 Å². The Labute approximate surface area is 109 Å². The van der Waals surface area contributed by atoms with Gasteiger partial charge >= 0.3 is 0 Å². The van der Waals surface area contributed by atoms with Crippen molar-refractivity contribution in [3.05, 3.63) is 35.9 Å². The first-order chi connectivity index (χ1) is 8.58. The van der Waals surface area contributed by atoms with Crippen molar-refractivity contribution in [1.29, 1.82) is 0 Å². The van der Waals surface area contributed by atoms with Crippen LogP contribution < -0.4 is 0 Å². The minimum Gasteiger partial charge on any atom is -0.373 e. The number of carbonyl (C=O) groups is 1. The van der Waals surface area contributed by atoms with E-state index in [1.54, 1.807) is 0 Å². The van der Waals surface area contributed by atoms with Crippen LogP contribution in [0.5, 0.6) is 0 Å². The third-order valence-electron chi connectivity index (χ3n) is 3.43. The summed E-state index contributed by atoms with van der Waals surface area (Å²) in [6, 6.07) is 9.43. The second kappa shape index (κ2) is 5.63. The summed E-state index contributed by atoms with van der Waals surface area (Å²) in [5.41, 5.74) is 0.789. The molecule has 3 heteroatoms. The number of nitrogens with zero attached hydrogens (tertiary/aromatic N) is 1. The first kappa shape index (κ1) is 13.2. The Bertz CT molecular complexity index is 394. The Balaban J connectivity index is 2.07. The SMILES string of the molecule is CC1CN(C(C)C(=O)c2ccccc2)CC(C)O1. The average molecular weight is 247 g/mol. The Morgan fingerprint density at radius 3 is 2.33 bits per heavy atom. The van der Waals surface area contributed by atoms with Gasteiger partial charge in [0.1, 0.15) is 0 Å². The number of morpholine rings is 1. The van der Waals surface area contributed by atoms with Crippen LogP contribution in [0.15, 0.2) is 30.3 Å². The normalized spacial score (nSPS) is 26.8. The number of ketones is 1. The van der Waals surface area contributed by atoms with Crippen molar-refractivity contribution in [1.82, 2.24) is 4.90 Å². The smallest absolute Gasteiger partial charge is 0.179 e. The molecule has 3 atom stereocenters. The van der Waals surface area contributed by atoms with Crippen LogP contribution in [0.1, 0.15) is 31.1 Å². The van der Waals surface area contributed by atoms with E-state index in [0.29, 0.717) is 0 Å². The zero-order valence-corrected chi connectivity index (χ0v) is 11.3. The first-order valence-electron chi connectivity index (χ1n) is 6.56. The molecule has 0 radical (unpaired) electrons. The molecule has 18 heavy (non-hydrogen) atoms. The van der Waals surface area contributed by atoms with Crippen molar-refractivity contribution in [2.24, 2.45) is 0 Å². The minimum atomic E-state index is -0.0822. The molecule has 1 fully saturated rings. The van der Waals surface area contributed by atoms with E-state index in [4.69, 9.17) is 4.74 Å². The van der Waals surface area contributed by atoms with E-state index in [1.807, 2.05) is 37.3 Å². The Morgan fingerprint density at radius 1 is 1.22 bits per heavy atom. The van der Waals surface area contributed by atoms with Gasteiger partial charge in [0.05, 0.1) is 18.2 Å². The molecule has 1 aromatic carbocycles. The number of rotatable bonds is 3. The van der Waals surface area contributed by atoms with Gasteiger partial charge in [-0.1, -0.05) is 30.3 Å².